The van der Waals surface area contributed by atoms with E-state index in [4.69, 9.17) is 14.8 Å². The zero-order chi connectivity index (χ0) is 13.1. The smallest absolute Gasteiger partial charge is 0.152 e. The number of unbranched alkanes of at least 4 members (excludes halogenated alkanes) is 1. The molecule has 104 valence electrons. The van der Waals surface area contributed by atoms with Gasteiger partial charge in [0.2, 0.25) is 0 Å². The quantitative estimate of drug-likeness (QED) is 0.300. The van der Waals surface area contributed by atoms with E-state index in [0.29, 0.717) is 12.2 Å². The van der Waals surface area contributed by atoms with Crippen molar-refractivity contribution in [1.29, 1.82) is 0 Å². The third-order valence-electron chi connectivity index (χ3n) is 1.83. The summed E-state index contributed by atoms with van der Waals surface area (Å²) >= 11 is -3.43. The molecule has 0 rings (SSSR count). The van der Waals surface area contributed by atoms with Crippen LogP contribution in [0.3, 0.4) is 0 Å². The maximum atomic E-state index is 10.4. The van der Waals surface area contributed by atoms with E-state index in [0.717, 1.165) is 24.3 Å². The van der Waals surface area contributed by atoms with Crippen molar-refractivity contribution >= 4 is 43.7 Å². The van der Waals surface area contributed by atoms with Crippen LogP contribution >= 0.6 is 21.6 Å². The zero-order valence-electron chi connectivity index (χ0n) is 9.45. The first-order valence-electron chi connectivity index (χ1n) is 5.17. The molecule has 0 heterocycles. The summed E-state index contributed by atoms with van der Waals surface area (Å²) in [5, 5.41) is 0. The second kappa shape index (κ2) is 11.9. The molecule has 17 heavy (non-hydrogen) atoms. The van der Waals surface area contributed by atoms with Crippen molar-refractivity contribution in [2.24, 2.45) is 5.73 Å². The van der Waals surface area contributed by atoms with Crippen LogP contribution in [0.2, 0.25) is 0 Å². The molecule has 0 bridgehead atoms. The fraction of sp³-hybridized carbons (Fsp3) is 1.00. The molecule has 0 aromatic carbocycles. The van der Waals surface area contributed by atoms with Crippen molar-refractivity contribution in [2.75, 3.05) is 23.0 Å². The van der Waals surface area contributed by atoms with E-state index in [1.807, 2.05) is 0 Å². The number of hydrogen-bond donors (Lipinski definition) is 3. The van der Waals surface area contributed by atoms with Crippen molar-refractivity contribution in [3.8, 4) is 0 Å². The molecule has 0 aromatic rings. The Hall–Kier alpha value is 0.880. The fourth-order valence-corrected chi connectivity index (χ4v) is 4.27. The Balaban J connectivity index is 3.21. The van der Waals surface area contributed by atoms with Crippen LogP contribution in [0, 0.1) is 0 Å². The lowest BCUT2D eigenvalue weighted by Crippen LogP contribution is -2.24. The lowest BCUT2D eigenvalue weighted by molar-refractivity contribution is 0.557. The molecule has 0 radical (unpaired) electrons. The van der Waals surface area contributed by atoms with Crippen LogP contribution in [0.25, 0.3) is 0 Å². The van der Waals surface area contributed by atoms with Gasteiger partial charge in [-0.2, -0.15) is 0 Å². The summed E-state index contributed by atoms with van der Waals surface area (Å²) in [7, 11) is 3.33. The highest BCUT2D eigenvalue weighted by Crippen LogP contribution is 2.23. The second-order valence-corrected chi connectivity index (χ2v) is 8.14. The number of hydrogen-bond acceptors (Lipinski definition) is 5. The summed E-state index contributed by atoms with van der Waals surface area (Å²) < 4.78 is 37.9. The Kier molecular flexibility index (Phi) is 12.6. The van der Waals surface area contributed by atoms with Crippen molar-refractivity contribution in [1.82, 2.24) is 0 Å². The predicted octanol–water partition coefficient (Wildman–Crippen LogP) is 1.31. The van der Waals surface area contributed by atoms with E-state index in [1.165, 1.54) is 0 Å². The molecule has 0 fully saturated rings. The Morgan fingerprint density at radius 3 is 2.29 bits per heavy atom. The molecule has 5 nitrogen and oxygen atoms in total. The molecule has 0 amide bonds. The summed E-state index contributed by atoms with van der Waals surface area (Å²) in [5.41, 5.74) is 5.75. The van der Waals surface area contributed by atoms with Gasteiger partial charge in [-0.3, -0.25) is 0 Å². The Morgan fingerprint density at radius 1 is 1.06 bits per heavy atom. The lowest BCUT2D eigenvalue weighted by Gasteiger charge is -2.08. The minimum Gasteiger partial charge on any atom is -0.327 e. The average Bonchev–Trinajstić information content (AvgIpc) is 2.24. The number of rotatable bonds is 11. The van der Waals surface area contributed by atoms with Gasteiger partial charge in [-0.05, 0) is 19.3 Å². The first-order valence-corrected chi connectivity index (χ1v) is 10.2. The summed E-state index contributed by atoms with van der Waals surface area (Å²) in [5.74, 6) is 2.26. The van der Waals surface area contributed by atoms with Gasteiger partial charge >= 0.3 is 0 Å². The van der Waals surface area contributed by atoms with Gasteiger partial charge in [0.05, 0.1) is 5.75 Å². The molecule has 4 N–H and O–H groups in total. The van der Waals surface area contributed by atoms with Crippen LogP contribution in [-0.2, 0) is 22.2 Å². The van der Waals surface area contributed by atoms with E-state index in [-0.39, 0.29) is 11.8 Å². The first-order chi connectivity index (χ1) is 8.02. The SMILES string of the molecule is N[C@@H](CCS(=O)O)CSSCCCCS(=O)O. The molecular formula is C8H19NO4S4. The third-order valence-corrected chi connectivity index (χ3v) is 5.64. The Bertz CT molecular complexity index is 242. The summed E-state index contributed by atoms with van der Waals surface area (Å²) in [6.07, 6.45) is 2.23. The van der Waals surface area contributed by atoms with Crippen molar-refractivity contribution in [2.45, 2.75) is 25.3 Å². The van der Waals surface area contributed by atoms with E-state index >= 15 is 0 Å². The summed E-state index contributed by atoms with van der Waals surface area (Å²) in [6.45, 7) is 0. The molecule has 0 aliphatic carbocycles. The standard InChI is InChI=1S/C8H19NO4S4/c9-8(3-6-17(12)13)7-15-14-4-1-2-5-16(10)11/h8H,1-7,9H2,(H,10,11)(H,12,13)/t8-/m0/s1. The highest BCUT2D eigenvalue weighted by atomic mass is 33.1. The van der Waals surface area contributed by atoms with Gasteiger partial charge < -0.3 is 14.8 Å². The van der Waals surface area contributed by atoms with Crippen LogP contribution in [0.1, 0.15) is 19.3 Å². The maximum Gasteiger partial charge on any atom is 0.152 e. The molecule has 3 atom stereocenters. The Labute approximate surface area is 115 Å². The van der Waals surface area contributed by atoms with Crippen LogP contribution in [0.4, 0.5) is 0 Å². The molecule has 2 unspecified atom stereocenters. The largest absolute Gasteiger partial charge is 0.327 e. The minimum atomic E-state index is -1.75. The van der Waals surface area contributed by atoms with E-state index < -0.39 is 22.2 Å². The van der Waals surface area contributed by atoms with Crippen molar-refractivity contribution in [3.63, 3.8) is 0 Å². The maximum absolute atomic E-state index is 10.4. The van der Waals surface area contributed by atoms with Crippen LogP contribution in [0.15, 0.2) is 0 Å². The lowest BCUT2D eigenvalue weighted by atomic mass is 10.3. The monoisotopic (exact) mass is 321 g/mol. The van der Waals surface area contributed by atoms with Gasteiger partial charge in [-0.15, -0.1) is 0 Å². The van der Waals surface area contributed by atoms with E-state index in [9.17, 15) is 8.42 Å². The molecule has 0 aliphatic heterocycles. The molecule has 0 saturated carbocycles. The third kappa shape index (κ3) is 14.8. The second-order valence-electron chi connectivity index (χ2n) is 3.41. The predicted molar refractivity (Wildman–Crippen MR) is 78.0 cm³/mol. The van der Waals surface area contributed by atoms with Gasteiger partial charge in [0.25, 0.3) is 0 Å². The van der Waals surface area contributed by atoms with Crippen molar-refractivity contribution in [3.05, 3.63) is 0 Å². The minimum absolute atomic E-state index is 0.0476. The highest BCUT2D eigenvalue weighted by Gasteiger charge is 2.05. The van der Waals surface area contributed by atoms with Gasteiger partial charge in [-0.25, -0.2) is 8.42 Å². The number of nitrogens with two attached hydrogens (primary N) is 1. The molecule has 0 spiro atoms. The van der Waals surface area contributed by atoms with Crippen LogP contribution in [0.5, 0.6) is 0 Å². The van der Waals surface area contributed by atoms with Gasteiger partial charge in [0, 0.05) is 23.3 Å². The molecule has 0 aliphatic rings. The van der Waals surface area contributed by atoms with E-state index in [1.54, 1.807) is 21.6 Å². The highest BCUT2D eigenvalue weighted by molar-refractivity contribution is 8.76. The van der Waals surface area contributed by atoms with Gasteiger partial charge in [0.1, 0.15) is 0 Å². The molecule has 9 heteroatoms. The van der Waals surface area contributed by atoms with E-state index in [2.05, 4.69) is 0 Å². The summed E-state index contributed by atoms with van der Waals surface area (Å²) in [4.78, 5) is 0. The first kappa shape index (κ1) is 17.9. The fourth-order valence-electron chi connectivity index (χ4n) is 0.916. The normalized spacial score (nSPS) is 16.6. The van der Waals surface area contributed by atoms with Crippen molar-refractivity contribution < 1.29 is 17.5 Å². The molecule has 0 aromatic heterocycles. The zero-order valence-corrected chi connectivity index (χ0v) is 12.7. The van der Waals surface area contributed by atoms with Gasteiger partial charge in [0.15, 0.2) is 22.2 Å². The van der Waals surface area contributed by atoms with Crippen LogP contribution < -0.4 is 5.73 Å². The topological polar surface area (TPSA) is 101 Å². The average molecular weight is 322 g/mol. The van der Waals surface area contributed by atoms with Crippen LogP contribution in [-0.4, -0.2) is 46.6 Å². The Morgan fingerprint density at radius 2 is 1.71 bits per heavy atom. The summed E-state index contributed by atoms with van der Waals surface area (Å²) in [6, 6.07) is -0.0476. The molecular weight excluding hydrogens is 302 g/mol. The molecule has 0 saturated heterocycles. The van der Waals surface area contributed by atoms with Gasteiger partial charge in [-0.1, -0.05) is 21.6 Å².